The normalized spacial score (nSPS) is 11.3. The van der Waals surface area contributed by atoms with E-state index in [0.29, 0.717) is 0 Å². The molecular weight excluding hydrogens is 238 g/mol. The van der Waals surface area contributed by atoms with Crippen LogP contribution in [0.4, 0.5) is 0 Å². The molecular formula is C15H17N3O. The topological polar surface area (TPSA) is 43.0 Å². The molecule has 0 spiro atoms. The number of aliphatic hydroxyl groups excluding tert-OH is 1. The molecule has 0 unspecified atom stereocenters. The van der Waals surface area contributed by atoms with Crippen LogP contribution in [0.5, 0.6) is 0 Å². The van der Waals surface area contributed by atoms with Gasteiger partial charge in [0, 0.05) is 44.1 Å². The lowest BCUT2D eigenvalue weighted by Crippen LogP contribution is -2.04. The quantitative estimate of drug-likeness (QED) is 0.776. The molecule has 98 valence electrons. The minimum absolute atomic E-state index is 0.0838. The fraction of sp³-hybridized carbons (Fsp3) is 0.267. The lowest BCUT2D eigenvalue weighted by atomic mass is 10.2. The average molecular weight is 255 g/mol. The first-order valence-electron chi connectivity index (χ1n) is 6.43. The molecule has 3 rings (SSSR count). The molecule has 19 heavy (non-hydrogen) atoms. The van der Waals surface area contributed by atoms with Crippen molar-refractivity contribution in [1.29, 1.82) is 0 Å². The zero-order valence-corrected chi connectivity index (χ0v) is 11.0. The Morgan fingerprint density at radius 2 is 2.11 bits per heavy atom. The smallest absolute Gasteiger partial charge is 0.110 e. The maximum atomic E-state index is 9.22. The number of aliphatic hydroxyl groups is 1. The van der Waals surface area contributed by atoms with E-state index < -0.39 is 0 Å². The van der Waals surface area contributed by atoms with Crippen LogP contribution in [0, 0.1) is 0 Å². The minimum atomic E-state index is 0.0838. The molecule has 4 nitrogen and oxygen atoms in total. The summed E-state index contributed by atoms with van der Waals surface area (Å²) in [6.07, 6.45) is 6.78. The summed E-state index contributed by atoms with van der Waals surface area (Å²) >= 11 is 0. The van der Waals surface area contributed by atoms with Gasteiger partial charge in [-0.25, -0.2) is 4.98 Å². The molecule has 1 N–H and O–H groups in total. The lowest BCUT2D eigenvalue weighted by molar-refractivity contribution is 0.282. The molecule has 0 aliphatic carbocycles. The summed E-state index contributed by atoms with van der Waals surface area (Å²) in [5.41, 5.74) is 2.12. The molecule has 1 aromatic carbocycles. The van der Waals surface area contributed by atoms with Gasteiger partial charge in [-0.1, -0.05) is 12.1 Å². The zero-order chi connectivity index (χ0) is 13.2. The molecule has 0 aliphatic rings. The molecule has 0 saturated heterocycles. The number of aromatic nitrogens is 3. The Hall–Kier alpha value is -2.07. The Bertz CT molecular complexity index is 696. The highest BCUT2D eigenvalue weighted by Crippen LogP contribution is 2.18. The Labute approximate surface area is 111 Å². The monoisotopic (exact) mass is 255 g/mol. The third kappa shape index (κ3) is 2.27. The number of benzene rings is 1. The SMILES string of the molecule is Cn1ccnc1CCn1ccc2ccc(CO)cc21. The largest absolute Gasteiger partial charge is 0.392 e. The summed E-state index contributed by atoms with van der Waals surface area (Å²) in [6.45, 7) is 0.976. The number of fused-ring (bicyclic) bond motifs is 1. The standard InChI is InChI=1S/C15H17N3O/c1-17-9-6-16-15(17)5-8-18-7-4-13-3-2-12(11-19)10-14(13)18/h2-4,6-7,9-10,19H,5,8,11H2,1H3. The van der Waals surface area contributed by atoms with Gasteiger partial charge in [0.05, 0.1) is 6.61 Å². The maximum absolute atomic E-state index is 9.22. The van der Waals surface area contributed by atoms with E-state index in [1.54, 1.807) is 0 Å². The van der Waals surface area contributed by atoms with Gasteiger partial charge >= 0.3 is 0 Å². The second-order valence-electron chi connectivity index (χ2n) is 4.76. The van der Waals surface area contributed by atoms with Gasteiger partial charge in [-0.15, -0.1) is 0 Å². The van der Waals surface area contributed by atoms with Crippen molar-refractivity contribution in [3.05, 3.63) is 54.2 Å². The van der Waals surface area contributed by atoms with Crippen molar-refractivity contribution in [1.82, 2.24) is 14.1 Å². The summed E-state index contributed by atoms with van der Waals surface area (Å²) in [7, 11) is 2.01. The van der Waals surface area contributed by atoms with Gasteiger partial charge in [-0.2, -0.15) is 0 Å². The average Bonchev–Trinajstić information content (AvgIpc) is 3.02. The van der Waals surface area contributed by atoms with Crippen LogP contribution < -0.4 is 0 Å². The first-order valence-corrected chi connectivity index (χ1v) is 6.43. The van der Waals surface area contributed by atoms with Gasteiger partial charge in [0.2, 0.25) is 0 Å². The van der Waals surface area contributed by atoms with Crippen LogP contribution in [0.2, 0.25) is 0 Å². The molecule has 0 fully saturated rings. The van der Waals surface area contributed by atoms with E-state index in [2.05, 4.69) is 27.9 Å². The van der Waals surface area contributed by atoms with E-state index in [4.69, 9.17) is 0 Å². The van der Waals surface area contributed by atoms with Crippen LogP contribution in [0.3, 0.4) is 0 Å². The van der Waals surface area contributed by atoms with Crippen molar-refractivity contribution < 1.29 is 5.11 Å². The van der Waals surface area contributed by atoms with Crippen molar-refractivity contribution in [2.24, 2.45) is 7.05 Å². The van der Waals surface area contributed by atoms with Crippen LogP contribution in [0.1, 0.15) is 11.4 Å². The number of nitrogens with zero attached hydrogens (tertiary/aromatic N) is 3. The number of aryl methyl sites for hydroxylation is 3. The van der Waals surface area contributed by atoms with Gasteiger partial charge in [-0.05, 0) is 23.1 Å². The van der Waals surface area contributed by atoms with Gasteiger partial charge in [-0.3, -0.25) is 0 Å². The summed E-state index contributed by atoms with van der Waals surface area (Å²) in [5, 5.41) is 10.4. The van der Waals surface area contributed by atoms with Crippen molar-refractivity contribution in [2.45, 2.75) is 19.6 Å². The molecule has 4 heteroatoms. The molecule has 0 amide bonds. The summed E-state index contributed by atoms with van der Waals surface area (Å²) < 4.78 is 4.26. The van der Waals surface area contributed by atoms with Crippen LogP contribution in [-0.4, -0.2) is 19.2 Å². The third-order valence-electron chi connectivity index (χ3n) is 3.52. The second-order valence-corrected chi connectivity index (χ2v) is 4.76. The highest BCUT2D eigenvalue weighted by molar-refractivity contribution is 5.80. The predicted octanol–water partition coefficient (Wildman–Crippen LogP) is 2.11. The molecule has 2 heterocycles. The van der Waals surface area contributed by atoms with Crippen LogP contribution in [0.15, 0.2) is 42.9 Å². The fourth-order valence-electron chi connectivity index (χ4n) is 2.38. The van der Waals surface area contributed by atoms with E-state index in [1.807, 2.05) is 36.1 Å². The van der Waals surface area contributed by atoms with Crippen molar-refractivity contribution >= 4 is 10.9 Å². The molecule has 0 saturated carbocycles. The van der Waals surface area contributed by atoms with Crippen LogP contribution in [-0.2, 0) is 26.6 Å². The third-order valence-corrected chi connectivity index (χ3v) is 3.52. The Morgan fingerprint density at radius 3 is 2.84 bits per heavy atom. The fourth-order valence-corrected chi connectivity index (χ4v) is 2.38. The molecule has 0 atom stereocenters. The predicted molar refractivity (Wildman–Crippen MR) is 74.8 cm³/mol. The number of hydrogen-bond acceptors (Lipinski definition) is 2. The van der Waals surface area contributed by atoms with Crippen molar-refractivity contribution in [3.8, 4) is 0 Å². The number of imidazole rings is 1. The van der Waals surface area contributed by atoms with E-state index in [1.165, 1.54) is 10.9 Å². The first-order chi connectivity index (χ1) is 9.28. The molecule has 0 bridgehead atoms. The van der Waals surface area contributed by atoms with E-state index in [0.717, 1.165) is 24.4 Å². The number of rotatable bonds is 4. The van der Waals surface area contributed by atoms with E-state index in [-0.39, 0.29) is 6.61 Å². The van der Waals surface area contributed by atoms with Gasteiger partial charge in [0.1, 0.15) is 5.82 Å². The Balaban J connectivity index is 1.86. The van der Waals surface area contributed by atoms with Crippen molar-refractivity contribution in [2.75, 3.05) is 0 Å². The summed E-state index contributed by atoms with van der Waals surface area (Å²) in [4.78, 5) is 4.34. The Morgan fingerprint density at radius 1 is 1.21 bits per heavy atom. The summed E-state index contributed by atoms with van der Waals surface area (Å²) in [6, 6.07) is 8.17. The van der Waals surface area contributed by atoms with E-state index >= 15 is 0 Å². The first kappa shape index (κ1) is 12.0. The van der Waals surface area contributed by atoms with E-state index in [9.17, 15) is 5.11 Å². The maximum Gasteiger partial charge on any atom is 0.110 e. The molecule has 0 aliphatic heterocycles. The van der Waals surface area contributed by atoms with Gasteiger partial charge < -0.3 is 14.2 Å². The summed E-state index contributed by atoms with van der Waals surface area (Å²) in [5.74, 6) is 1.08. The number of hydrogen-bond donors (Lipinski definition) is 1. The molecule has 3 aromatic rings. The molecule has 2 aromatic heterocycles. The van der Waals surface area contributed by atoms with Gasteiger partial charge in [0.15, 0.2) is 0 Å². The highest BCUT2D eigenvalue weighted by atomic mass is 16.3. The van der Waals surface area contributed by atoms with Crippen LogP contribution in [0.25, 0.3) is 10.9 Å². The zero-order valence-electron chi connectivity index (χ0n) is 11.0. The molecule has 0 radical (unpaired) electrons. The highest BCUT2D eigenvalue weighted by Gasteiger charge is 2.04. The second kappa shape index (κ2) is 4.90. The van der Waals surface area contributed by atoms with Gasteiger partial charge in [0.25, 0.3) is 0 Å². The van der Waals surface area contributed by atoms with Crippen LogP contribution >= 0.6 is 0 Å². The lowest BCUT2D eigenvalue weighted by Gasteiger charge is -2.06. The van der Waals surface area contributed by atoms with Crippen molar-refractivity contribution in [3.63, 3.8) is 0 Å². The minimum Gasteiger partial charge on any atom is -0.392 e. The Kier molecular flexibility index (Phi) is 3.09.